The molecule has 2 rings (SSSR count). The van der Waals surface area contributed by atoms with Crippen molar-refractivity contribution in [2.75, 3.05) is 27.4 Å². The molecule has 0 N–H and O–H groups in total. The van der Waals surface area contributed by atoms with E-state index < -0.39 is 0 Å². The maximum atomic E-state index is 4.91. The van der Waals surface area contributed by atoms with Gasteiger partial charge in [-0.25, -0.2) is 0 Å². The molecule has 0 saturated carbocycles. The molecule has 0 saturated heterocycles. The van der Waals surface area contributed by atoms with Crippen LogP contribution in [0.15, 0.2) is 48.8 Å². The Morgan fingerprint density at radius 1 is 0.727 bits per heavy atom. The number of hydrogen-bond acceptors (Lipinski definition) is 4. The molecule has 0 amide bonds. The summed E-state index contributed by atoms with van der Waals surface area (Å²) in [5.74, 6) is 0. The Balaban J connectivity index is 0.000000360. The average molecular weight is 304 g/mol. The monoisotopic (exact) mass is 304 g/mol. The molecule has 0 spiro atoms. The fraction of sp³-hybridized carbons (Fsp3) is 0.444. The predicted octanol–water partition coefficient (Wildman–Crippen LogP) is 3.57. The standard InChI is InChI=1S/2C8H11NO.C2H6/c2*1-10-7-5-8-4-2-3-6-9-8;1-2/h2*2-4,6H,5,7H2,1H3;1-2H3. The van der Waals surface area contributed by atoms with Crippen LogP contribution < -0.4 is 0 Å². The normalized spacial score (nSPS) is 9.09. The molecule has 2 aromatic rings. The molecule has 0 aliphatic rings. The summed E-state index contributed by atoms with van der Waals surface area (Å²) in [6, 6.07) is 11.8. The molecule has 0 aliphatic heterocycles. The highest BCUT2D eigenvalue weighted by atomic mass is 16.5. The summed E-state index contributed by atoms with van der Waals surface area (Å²) in [6.07, 6.45) is 5.39. The minimum Gasteiger partial charge on any atom is -0.384 e. The molecule has 0 bridgehead atoms. The summed E-state index contributed by atoms with van der Waals surface area (Å²) in [5.41, 5.74) is 2.17. The lowest BCUT2D eigenvalue weighted by Crippen LogP contribution is -1.95. The van der Waals surface area contributed by atoms with Crippen LogP contribution in [0.25, 0.3) is 0 Å². The van der Waals surface area contributed by atoms with E-state index in [4.69, 9.17) is 9.47 Å². The van der Waals surface area contributed by atoms with E-state index in [1.165, 1.54) is 0 Å². The van der Waals surface area contributed by atoms with Crippen LogP contribution in [0.2, 0.25) is 0 Å². The van der Waals surface area contributed by atoms with Crippen molar-refractivity contribution in [2.24, 2.45) is 0 Å². The van der Waals surface area contributed by atoms with Gasteiger partial charge >= 0.3 is 0 Å². The van der Waals surface area contributed by atoms with Crippen molar-refractivity contribution in [3.63, 3.8) is 0 Å². The minimum absolute atomic E-state index is 0.747. The Hall–Kier alpha value is -1.78. The van der Waals surface area contributed by atoms with E-state index in [0.29, 0.717) is 0 Å². The van der Waals surface area contributed by atoms with Gasteiger partial charge in [0.1, 0.15) is 0 Å². The van der Waals surface area contributed by atoms with Crippen LogP contribution in [0, 0.1) is 0 Å². The molecule has 0 fully saturated rings. The number of methoxy groups -OCH3 is 2. The lowest BCUT2D eigenvalue weighted by atomic mass is 10.3. The molecule has 4 nitrogen and oxygen atoms in total. The van der Waals surface area contributed by atoms with Gasteiger partial charge in [-0.3, -0.25) is 9.97 Å². The Morgan fingerprint density at radius 2 is 1.14 bits per heavy atom. The maximum absolute atomic E-state index is 4.91. The van der Waals surface area contributed by atoms with Gasteiger partial charge in [-0.1, -0.05) is 26.0 Å². The molecular weight excluding hydrogens is 276 g/mol. The van der Waals surface area contributed by atoms with E-state index in [-0.39, 0.29) is 0 Å². The Morgan fingerprint density at radius 3 is 1.41 bits per heavy atom. The van der Waals surface area contributed by atoms with Crippen LogP contribution in [0.1, 0.15) is 25.2 Å². The first-order valence-corrected chi connectivity index (χ1v) is 7.64. The number of ether oxygens (including phenoxy) is 2. The molecule has 2 heterocycles. The zero-order valence-corrected chi connectivity index (χ0v) is 14.2. The third-order valence-electron chi connectivity index (χ3n) is 2.58. The SMILES string of the molecule is CC.COCCc1ccccn1.COCCc1ccccn1. The molecular formula is C18H28N2O2. The van der Waals surface area contributed by atoms with Crippen LogP contribution in [0.5, 0.6) is 0 Å². The van der Waals surface area contributed by atoms with Crippen LogP contribution in [-0.4, -0.2) is 37.4 Å². The smallest absolute Gasteiger partial charge is 0.0517 e. The van der Waals surface area contributed by atoms with Gasteiger partial charge in [0.2, 0.25) is 0 Å². The van der Waals surface area contributed by atoms with Crippen LogP contribution in [0.4, 0.5) is 0 Å². The first-order valence-electron chi connectivity index (χ1n) is 7.64. The first-order chi connectivity index (χ1) is 10.9. The van der Waals surface area contributed by atoms with E-state index in [2.05, 4.69) is 9.97 Å². The average Bonchev–Trinajstić information content (AvgIpc) is 2.62. The van der Waals surface area contributed by atoms with Crippen molar-refractivity contribution in [1.82, 2.24) is 9.97 Å². The van der Waals surface area contributed by atoms with Gasteiger partial charge in [-0.15, -0.1) is 0 Å². The summed E-state index contributed by atoms with van der Waals surface area (Å²) < 4.78 is 9.81. The van der Waals surface area contributed by atoms with Crippen LogP contribution >= 0.6 is 0 Å². The highest BCUT2D eigenvalue weighted by molar-refractivity contribution is 5.03. The molecule has 0 atom stereocenters. The molecule has 0 aromatic carbocycles. The third-order valence-corrected chi connectivity index (χ3v) is 2.58. The predicted molar refractivity (Wildman–Crippen MR) is 91.0 cm³/mol. The van der Waals surface area contributed by atoms with Gasteiger partial charge < -0.3 is 9.47 Å². The van der Waals surface area contributed by atoms with Gasteiger partial charge in [0.25, 0.3) is 0 Å². The molecule has 22 heavy (non-hydrogen) atoms. The third kappa shape index (κ3) is 10.9. The van der Waals surface area contributed by atoms with Crippen LogP contribution in [-0.2, 0) is 22.3 Å². The van der Waals surface area contributed by atoms with Crippen LogP contribution in [0.3, 0.4) is 0 Å². The number of hydrogen-bond donors (Lipinski definition) is 0. The van der Waals surface area contributed by atoms with Crippen molar-refractivity contribution in [3.05, 3.63) is 60.2 Å². The summed E-state index contributed by atoms with van der Waals surface area (Å²) in [6.45, 7) is 5.49. The molecule has 0 aliphatic carbocycles. The summed E-state index contributed by atoms with van der Waals surface area (Å²) in [7, 11) is 3.39. The minimum atomic E-state index is 0.747. The van der Waals surface area contributed by atoms with Gasteiger partial charge in [0.15, 0.2) is 0 Å². The fourth-order valence-corrected chi connectivity index (χ4v) is 1.51. The fourth-order valence-electron chi connectivity index (χ4n) is 1.51. The van der Waals surface area contributed by atoms with E-state index in [1.54, 1.807) is 26.6 Å². The number of aromatic nitrogens is 2. The maximum Gasteiger partial charge on any atom is 0.0517 e. The second-order valence-electron chi connectivity index (χ2n) is 4.13. The molecule has 0 radical (unpaired) electrons. The van der Waals surface area contributed by atoms with Crippen molar-refractivity contribution >= 4 is 0 Å². The summed E-state index contributed by atoms with van der Waals surface area (Å²) >= 11 is 0. The Labute approximate surface area is 134 Å². The zero-order chi connectivity index (χ0) is 16.5. The lowest BCUT2D eigenvalue weighted by molar-refractivity contribution is 0.201. The lowest BCUT2D eigenvalue weighted by Gasteiger charge is -1.96. The molecule has 122 valence electrons. The topological polar surface area (TPSA) is 44.2 Å². The molecule has 2 aromatic heterocycles. The zero-order valence-electron chi connectivity index (χ0n) is 14.2. The summed E-state index contributed by atoms with van der Waals surface area (Å²) in [4.78, 5) is 8.27. The van der Waals surface area contributed by atoms with Gasteiger partial charge in [0, 0.05) is 50.8 Å². The molecule has 4 heteroatoms. The van der Waals surface area contributed by atoms with E-state index in [1.807, 2.05) is 50.2 Å². The quantitative estimate of drug-likeness (QED) is 0.818. The second-order valence-corrected chi connectivity index (χ2v) is 4.13. The van der Waals surface area contributed by atoms with Gasteiger partial charge in [-0.2, -0.15) is 0 Å². The first kappa shape index (κ1) is 20.2. The van der Waals surface area contributed by atoms with Gasteiger partial charge in [0.05, 0.1) is 13.2 Å². The van der Waals surface area contributed by atoms with Crippen molar-refractivity contribution in [1.29, 1.82) is 0 Å². The summed E-state index contributed by atoms with van der Waals surface area (Å²) in [5, 5.41) is 0. The Kier molecular flexibility index (Phi) is 14.3. The second kappa shape index (κ2) is 15.6. The van der Waals surface area contributed by atoms with E-state index in [9.17, 15) is 0 Å². The van der Waals surface area contributed by atoms with E-state index >= 15 is 0 Å². The number of nitrogens with zero attached hydrogens (tertiary/aromatic N) is 2. The highest BCUT2D eigenvalue weighted by Crippen LogP contribution is 1.94. The van der Waals surface area contributed by atoms with Gasteiger partial charge in [-0.05, 0) is 24.3 Å². The van der Waals surface area contributed by atoms with Crippen molar-refractivity contribution < 1.29 is 9.47 Å². The number of rotatable bonds is 6. The van der Waals surface area contributed by atoms with E-state index in [0.717, 1.165) is 37.4 Å². The largest absolute Gasteiger partial charge is 0.384 e. The Bertz CT molecular complexity index is 392. The highest BCUT2D eigenvalue weighted by Gasteiger charge is 1.90. The van der Waals surface area contributed by atoms with Crippen molar-refractivity contribution in [3.8, 4) is 0 Å². The van der Waals surface area contributed by atoms with Crippen molar-refractivity contribution in [2.45, 2.75) is 26.7 Å². The number of pyridine rings is 2. The molecule has 0 unspecified atom stereocenters.